The minimum absolute atomic E-state index is 0.257. The molecular weight excluding hydrogens is 186 g/mol. The maximum atomic E-state index is 11.2. The van der Waals surface area contributed by atoms with Crippen molar-refractivity contribution in [1.29, 1.82) is 0 Å². The van der Waals surface area contributed by atoms with Crippen LogP contribution in [0.3, 0.4) is 0 Å². The second-order valence-electron chi connectivity index (χ2n) is 3.99. The minimum atomic E-state index is -0.910. The lowest BCUT2D eigenvalue weighted by molar-refractivity contribution is -0.153. The van der Waals surface area contributed by atoms with Gasteiger partial charge in [-0.25, -0.2) is 4.79 Å². The maximum Gasteiger partial charge on any atom is 0.409 e. The summed E-state index contributed by atoms with van der Waals surface area (Å²) in [4.78, 5) is 23.6. The molecule has 0 spiro atoms. The van der Waals surface area contributed by atoms with Gasteiger partial charge in [-0.1, -0.05) is 0 Å². The minimum Gasteiger partial charge on any atom is -0.481 e. The predicted molar refractivity (Wildman–Crippen MR) is 48.9 cm³/mol. The molecule has 1 heterocycles. The van der Waals surface area contributed by atoms with Crippen molar-refractivity contribution in [1.82, 2.24) is 4.90 Å². The summed E-state index contributed by atoms with van der Waals surface area (Å²) in [6.07, 6.45) is 0.268. The lowest BCUT2D eigenvalue weighted by atomic mass is 9.78. The predicted octanol–water partition coefficient (Wildman–Crippen LogP) is 0.938. The summed E-state index contributed by atoms with van der Waals surface area (Å²) >= 11 is 0. The molecule has 1 N–H and O–H groups in total. The van der Waals surface area contributed by atoms with Crippen LogP contribution in [0.25, 0.3) is 0 Å². The Bertz CT molecular complexity index is 262. The summed E-state index contributed by atoms with van der Waals surface area (Å²) < 4.78 is 4.55. The van der Waals surface area contributed by atoms with Gasteiger partial charge in [0.05, 0.1) is 18.6 Å². The molecule has 0 bridgehead atoms. The number of carboxylic acid groups (broad SMARTS) is 1. The van der Waals surface area contributed by atoms with Crippen LogP contribution in [0.1, 0.15) is 20.3 Å². The number of carboxylic acids is 1. The Morgan fingerprint density at radius 1 is 1.50 bits per heavy atom. The molecule has 1 unspecified atom stereocenters. The Kier molecular flexibility index (Phi) is 2.69. The highest BCUT2D eigenvalue weighted by molar-refractivity contribution is 5.77. The maximum absolute atomic E-state index is 11.2. The lowest BCUT2D eigenvalue weighted by Gasteiger charge is -2.46. The highest BCUT2D eigenvalue weighted by Gasteiger charge is 2.47. The van der Waals surface area contributed by atoms with Crippen LogP contribution in [0.5, 0.6) is 0 Å². The molecule has 0 aromatic carbocycles. The van der Waals surface area contributed by atoms with Crippen LogP contribution < -0.4 is 0 Å². The van der Waals surface area contributed by atoms with Gasteiger partial charge in [-0.3, -0.25) is 4.79 Å². The van der Waals surface area contributed by atoms with Crippen LogP contribution in [-0.2, 0) is 9.53 Å². The van der Waals surface area contributed by atoms with E-state index in [1.54, 1.807) is 13.8 Å². The van der Waals surface area contributed by atoms with Gasteiger partial charge >= 0.3 is 12.1 Å². The highest BCUT2D eigenvalue weighted by atomic mass is 16.5. The number of carbonyl (C=O) groups excluding carboxylic acids is 1. The molecule has 80 valence electrons. The van der Waals surface area contributed by atoms with Crippen molar-refractivity contribution in [2.75, 3.05) is 13.7 Å². The number of ether oxygens (including phenoxy) is 1. The van der Waals surface area contributed by atoms with Crippen molar-refractivity contribution in [3.63, 3.8) is 0 Å². The molecule has 0 aliphatic carbocycles. The first kappa shape index (κ1) is 10.8. The number of amides is 1. The van der Waals surface area contributed by atoms with Crippen molar-refractivity contribution >= 4 is 12.1 Å². The van der Waals surface area contributed by atoms with E-state index in [1.165, 1.54) is 12.0 Å². The number of hydrogen-bond donors (Lipinski definition) is 1. The fourth-order valence-corrected chi connectivity index (χ4v) is 1.62. The van der Waals surface area contributed by atoms with Gasteiger partial charge in [-0.05, 0) is 20.3 Å². The summed E-state index contributed by atoms with van der Waals surface area (Å²) in [7, 11) is 1.30. The average Bonchev–Trinajstić information content (AvgIpc) is 2.00. The molecule has 1 aliphatic rings. The second-order valence-corrected chi connectivity index (χ2v) is 3.99. The standard InChI is InChI=1S/C9H15NO4/c1-9(2,7(11)12)6-4-5-10(6)8(13)14-3/h6H,4-5H2,1-3H3,(H,11,12). The number of rotatable bonds is 2. The zero-order chi connectivity index (χ0) is 10.9. The molecule has 1 atom stereocenters. The van der Waals surface area contributed by atoms with E-state index in [-0.39, 0.29) is 6.04 Å². The van der Waals surface area contributed by atoms with E-state index >= 15 is 0 Å². The molecule has 1 aliphatic heterocycles. The summed E-state index contributed by atoms with van der Waals surface area (Å²) in [6.45, 7) is 3.82. The summed E-state index contributed by atoms with van der Waals surface area (Å²) in [5, 5.41) is 8.97. The smallest absolute Gasteiger partial charge is 0.409 e. The Labute approximate surface area is 82.6 Å². The molecule has 0 aromatic rings. The van der Waals surface area contributed by atoms with Crippen LogP contribution in [0, 0.1) is 5.41 Å². The van der Waals surface area contributed by atoms with E-state index in [1.807, 2.05) is 0 Å². The first-order chi connectivity index (χ1) is 6.41. The first-order valence-corrected chi connectivity index (χ1v) is 4.49. The van der Waals surface area contributed by atoms with Crippen molar-refractivity contribution in [2.45, 2.75) is 26.3 Å². The number of nitrogens with zero attached hydrogens (tertiary/aromatic N) is 1. The number of aliphatic carboxylic acids is 1. The molecule has 14 heavy (non-hydrogen) atoms. The Hall–Kier alpha value is -1.26. The summed E-state index contributed by atoms with van der Waals surface area (Å²) in [6, 6.07) is -0.257. The van der Waals surface area contributed by atoms with Crippen LogP contribution in [0.15, 0.2) is 0 Å². The molecule has 1 amide bonds. The third-order valence-corrected chi connectivity index (χ3v) is 2.81. The quantitative estimate of drug-likeness (QED) is 0.722. The molecule has 1 fully saturated rings. The normalized spacial score (nSPS) is 21.4. The average molecular weight is 201 g/mol. The second kappa shape index (κ2) is 3.48. The van der Waals surface area contributed by atoms with Gasteiger partial charge in [0, 0.05) is 6.54 Å². The third kappa shape index (κ3) is 1.54. The number of hydrogen-bond acceptors (Lipinski definition) is 3. The van der Waals surface area contributed by atoms with Crippen LogP contribution in [0.4, 0.5) is 4.79 Å². The van der Waals surface area contributed by atoms with E-state index < -0.39 is 17.5 Å². The first-order valence-electron chi connectivity index (χ1n) is 4.49. The van der Waals surface area contributed by atoms with E-state index in [4.69, 9.17) is 5.11 Å². The van der Waals surface area contributed by atoms with Gasteiger partial charge in [0.1, 0.15) is 0 Å². The summed E-state index contributed by atoms with van der Waals surface area (Å²) in [5.41, 5.74) is -0.910. The Morgan fingerprint density at radius 3 is 2.36 bits per heavy atom. The topological polar surface area (TPSA) is 66.8 Å². The van der Waals surface area contributed by atoms with Gasteiger partial charge in [-0.2, -0.15) is 0 Å². The zero-order valence-corrected chi connectivity index (χ0v) is 8.61. The fraction of sp³-hybridized carbons (Fsp3) is 0.778. The van der Waals surface area contributed by atoms with Gasteiger partial charge in [0.2, 0.25) is 0 Å². The van der Waals surface area contributed by atoms with Crippen molar-refractivity contribution in [2.24, 2.45) is 5.41 Å². The van der Waals surface area contributed by atoms with E-state index in [0.717, 1.165) is 0 Å². The molecule has 0 saturated carbocycles. The lowest BCUT2D eigenvalue weighted by Crippen LogP contribution is -2.59. The van der Waals surface area contributed by atoms with Crippen molar-refractivity contribution < 1.29 is 19.4 Å². The monoisotopic (exact) mass is 201 g/mol. The Morgan fingerprint density at radius 2 is 2.07 bits per heavy atom. The molecule has 5 heteroatoms. The molecule has 0 radical (unpaired) electrons. The molecule has 5 nitrogen and oxygen atoms in total. The highest BCUT2D eigenvalue weighted by Crippen LogP contribution is 2.34. The van der Waals surface area contributed by atoms with Crippen molar-refractivity contribution in [3.05, 3.63) is 0 Å². The van der Waals surface area contributed by atoms with Crippen molar-refractivity contribution in [3.8, 4) is 0 Å². The van der Waals surface area contributed by atoms with Crippen LogP contribution in [-0.4, -0.2) is 41.8 Å². The van der Waals surface area contributed by atoms with E-state index in [9.17, 15) is 9.59 Å². The molecular formula is C9H15NO4. The van der Waals surface area contributed by atoms with E-state index in [2.05, 4.69) is 4.74 Å². The Balaban J connectivity index is 2.71. The SMILES string of the molecule is COC(=O)N1CCC1C(C)(C)C(=O)O. The molecule has 1 rings (SSSR count). The van der Waals surface area contributed by atoms with Crippen LogP contribution in [0.2, 0.25) is 0 Å². The number of likely N-dealkylation sites (tertiary alicyclic amines) is 1. The van der Waals surface area contributed by atoms with Gasteiger partial charge < -0.3 is 14.7 Å². The third-order valence-electron chi connectivity index (χ3n) is 2.81. The van der Waals surface area contributed by atoms with E-state index in [0.29, 0.717) is 13.0 Å². The zero-order valence-electron chi connectivity index (χ0n) is 8.61. The molecule has 1 saturated heterocycles. The van der Waals surface area contributed by atoms with Gasteiger partial charge in [-0.15, -0.1) is 0 Å². The largest absolute Gasteiger partial charge is 0.481 e. The number of methoxy groups -OCH3 is 1. The van der Waals surface area contributed by atoms with Gasteiger partial charge in [0.15, 0.2) is 0 Å². The summed E-state index contributed by atoms with van der Waals surface area (Å²) in [5.74, 6) is -0.892. The van der Waals surface area contributed by atoms with Gasteiger partial charge in [0.25, 0.3) is 0 Å². The molecule has 0 aromatic heterocycles. The number of carbonyl (C=O) groups is 2. The fourth-order valence-electron chi connectivity index (χ4n) is 1.62. The van der Waals surface area contributed by atoms with Crippen LogP contribution >= 0.6 is 0 Å².